The van der Waals surface area contributed by atoms with Gasteiger partial charge in [0.05, 0.1) is 11.6 Å². The van der Waals surface area contributed by atoms with E-state index in [0.717, 1.165) is 5.69 Å². The number of rotatable bonds is 4. The van der Waals surface area contributed by atoms with Crippen molar-refractivity contribution in [1.29, 1.82) is 0 Å². The van der Waals surface area contributed by atoms with E-state index in [0.29, 0.717) is 10.7 Å². The molecule has 24 heavy (non-hydrogen) atoms. The number of aromatic nitrogens is 2. The molecule has 6 heteroatoms. The number of allylic oxidation sites excluding steroid dienone is 2. The highest BCUT2D eigenvalue weighted by Gasteiger charge is 2.61. The Morgan fingerprint density at radius 1 is 1.46 bits per heavy atom. The van der Waals surface area contributed by atoms with Crippen molar-refractivity contribution in [3.63, 3.8) is 0 Å². The van der Waals surface area contributed by atoms with Gasteiger partial charge in [0.2, 0.25) is 0 Å². The second-order valence-electron chi connectivity index (χ2n) is 7.26. The fourth-order valence-corrected chi connectivity index (χ4v) is 4.10. The second-order valence-corrected chi connectivity index (χ2v) is 8.09. The number of carbonyl (C=O) groups is 1. The summed E-state index contributed by atoms with van der Waals surface area (Å²) in [7, 11) is 0. The van der Waals surface area contributed by atoms with Gasteiger partial charge in [0.1, 0.15) is 6.61 Å². The van der Waals surface area contributed by atoms with Gasteiger partial charge in [0.25, 0.3) is 5.56 Å². The van der Waals surface area contributed by atoms with Gasteiger partial charge in [-0.1, -0.05) is 25.5 Å². The maximum atomic E-state index is 12.4. The minimum Gasteiger partial charge on any atom is -0.459 e. The average molecular weight is 346 g/mol. The standard InChI is InChI=1S/C18H22N2O3S/c1-10(2)6-13-15(18(13,4)5)16(22)23-8-12-7-14(21)20-11(3)9-24-17(20)19-12/h6-7,9,13,15H,8H2,1-5H3. The van der Waals surface area contributed by atoms with Crippen LogP contribution in [0.2, 0.25) is 0 Å². The number of fused-ring (bicyclic) bond motifs is 1. The van der Waals surface area contributed by atoms with Gasteiger partial charge in [0.15, 0.2) is 4.96 Å². The molecule has 1 fully saturated rings. The van der Waals surface area contributed by atoms with E-state index in [1.165, 1.54) is 23.0 Å². The molecular weight excluding hydrogens is 324 g/mol. The van der Waals surface area contributed by atoms with Gasteiger partial charge in [0, 0.05) is 17.1 Å². The number of esters is 1. The van der Waals surface area contributed by atoms with E-state index >= 15 is 0 Å². The van der Waals surface area contributed by atoms with Gasteiger partial charge in [-0.25, -0.2) is 4.98 Å². The summed E-state index contributed by atoms with van der Waals surface area (Å²) < 4.78 is 7.00. The summed E-state index contributed by atoms with van der Waals surface area (Å²) in [5.74, 6) is -0.121. The van der Waals surface area contributed by atoms with Gasteiger partial charge < -0.3 is 4.74 Å². The highest BCUT2D eigenvalue weighted by Crippen LogP contribution is 2.59. The van der Waals surface area contributed by atoms with E-state index in [4.69, 9.17) is 4.74 Å². The monoisotopic (exact) mass is 346 g/mol. The normalized spacial score (nSPS) is 21.5. The number of nitrogens with zero attached hydrogens (tertiary/aromatic N) is 2. The maximum Gasteiger partial charge on any atom is 0.310 e. The molecule has 2 aromatic rings. The number of aryl methyl sites for hydroxylation is 1. The van der Waals surface area contributed by atoms with Gasteiger partial charge in [-0.15, -0.1) is 11.3 Å². The van der Waals surface area contributed by atoms with Gasteiger partial charge in [-0.05, 0) is 32.1 Å². The zero-order chi connectivity index (χ0) is 17.6. The number of hydrogen-bond acceptors (Lipinski definition) is 5. The molecule has 128 valence electrons. The van der Waals surface area contributed by atoms with Crippen molar-refractivity contribution in [3.8, 4) is 0 Å². The summed E-state index contributed by atoms with van der Waals surface area (Å²) in [4.78, 5) is 29.5. The minimum atomic E-state index is -0.216. The molecule has 0 aliphatic heterocycles. The third-order valence-corrected chi connectivity index (χ3v) is 5.61. The number of hydrogen-bond donors (Lipinski definition) is 0. The van der Waals surface area contributed by atoms with Crippen molar-refractivity contribution in [2.75, 3.05) is 0 Å². The average Bonchev–Trinajstić information content (AvgIpc) is 2.82. The Morgan fingerprint density at radius 3 is 2.83 bits per heavy atom. The van der Waals surface area contributed by atoms with E-state index in [9.17, 15) is 9.59 Å². The van der Waals surface area contributed by atoms with Crippen LogP contribution >= 0.6 is 11.3 Å². The van der Waals surface area contributed by atoms with E-state index < -0.39 is 0 Å². The molecule has 2 aromatic heterocycles. The van der Waals surface area contributed by atoms with E-state index in [1.807, 2.05) is 26.2 Å². The second kappa shape index (κ2) is 5.84. The Kier molecular flexibility index (Phi) is 4.11. The third-order valence-electron chi connectivity index (χ3n) is 4.67. The van der Waals surface area contributed by atoms with Crippen LogP contribution < -0.4 is 5.56 Å². The van der Waals surface area contributed by atoms with E-state index in [1.54, 1.807) is 4.40 Å². The van der Waals surface area contributed by atoms with Crippen LogP contribution in [0.5, 0.6) is 0 Å². The molecule has 1 saturated carbocycles. The molecule has 1 aliphatic rings. The van der Waals surface area contributed by atoms with Crippen LogP contribution in [0, 0.1) is 24.2 Å². The molecule has 0 spiro atoms. The first kappa shape index (κ1) is 16.9. The van der Waals surface area contributed by atoms with Gasteiger partial charge in [-0.2, -0.15) is 0 Å². The summed E-state index contributed by atoms with van der Waals surface area (Å²) in [5.41, 5.74) is 2.35. The Morgan fingerprint density at radius 2 is 2.17 bits per heavy atom. The lowest BCUT2D eigenvalue weighted by molar-refractivity contribution is -0.147. The number of carbonyl (C=O) groups excluding carboxylic acids is 1. The lowest BCUT2D eigenvalue weighted by Crippen LogP contribution is -2.17. The molecule has 2 heterocycles. The topological polar surface area (TPSA) is 60.7 Å². The van der Waals surface area contributed by atoms with Crippen LogP contribution in [0.4, 0.5) is 0 Å². The number of thiazole rings is 1. The molecule has 5 nitrogen and oxygen atoms in total. The molecule has 1 aliphatic carbocycles. The summed E-state index contributed by atoms with van der Waals surface area (Å²) in [5, 5.41) is 1.89. The largest absolute Gasteiger partial charge is 0.459 e. The van der Waals surface area contributed by atoms with Gasteiger partial charge >= 0.3 is 5.97 Å². The Hall–Kier alpha value is -1.95. The Labute approximate surface area is 145 Å². The van der Waals surface area contributed by atoms with Crippen LogP contribution in [0.3, 0.4) is 0 Å². The molecule has 0 radical (unpaired) electrons. The Balaban J connectivity index is 1.71. The van der Waals surface area contributed by atoms with Crippen molar-refractivity contribution in [3.05, 3.63) is 44.8 Å². The highest BCUT2D eigenvalue weighted by atomic mass is 32.1. The summed E-state index contributed by atoms with van der Waals surface area (Å²) in [6.07, 6.45) is 2.14. The molecule has 3 rings (SSSR count). The highest BCUT2D eigenvalue weighted by molar-refractivity contribution is 7.15. The van der Waals surface area contributed by atoms with Crippen molar-refractivity contribution < 1.29 is 9.53 Å². The van der Waals surface area contributed by atoms with E-state index in [-0.39, 0.29) is 35.4 Å². The zero-order valence-corrected chi connectivity index (χ0v) is 15.4. The van der Waals surface area contributed by atoms with Crippen LogP contribution in [0.25, 0.3) is 4.96 Å². The molecule has 0 amide bonds. The lowest BCUT2D eigenvalue weighted by Gasteiger charge is -2.05. The first-order valence-corrected chi connectivity index (χ1v) is 8.88. The van der Waals surface area contributed by atoms with Crippen LogP contribution in [-0.2, 0) is 16.1 Å². The first-order valence-electron chi connectivity index (χ1n) is 8.00. The molecular formula is C18H22N2O3S. The smallest absolute Gasteiger partial charge is 0.310 e. The fourth-order valence-electron chi connectivity index (χ4n) is 3.21. The molecule has 0 aromatic carbocycles. The predicted octanol–water partition coefficient (Wildman–Crippen LogP) is 3.35. The fraction of sp³-hybridized carbons (Fsp3) is 0.500. The molecule has 2 unspecified atom stereocenters. The van der Waals surface area contributed by atoms with Crippen molar-refractivity contribution in [1.82, 2.24) is 9.38 Å². The summed E-state index contributed by atoms with van der Waals surface area (Å²) in [6, 6.07) is 1.44. The summed E-state index contributed by atoms with van der Waals surface area (Å²) in [6.45, 7) is 10.1. The van der Waals surface area contributed by atoms with E-state index in [2.05, 4.69) is 24.9 Å². The first-order chi connectivity index (χ1) is 11.2. The van der Waals surface area contributed by atoms with Crippen LogP contribution in [0.1, 0.15) is 39.1 Å². The molecule has 0 saturated heterocycles. The van der Waals surface area contributed by atoms with Crippen LogP contribution in [0.15, 0.2) is 27.9 Å². The van der Waals surface area contributed by atoms with Crippen LogP contribution in [-0.4, -0.2) is 15.4 Å². The van der Waals surface area contributed by atoms with Crippen molar-refractivity contribution in [2.45, 2.75) is 41.2 Å². The molecule has 0 N–H and O–H groups in total. The quantitative estimate of drug-likeness (QED) is 0.629. The van der Waals surface area contributed by atoms with Crippen molar-refractivity contribution in [2.24, 2.45) is 17.3 Å². The van der Waals surface area contributed by atoms with Crippen molar-refractivity contribution >= 4 is 22.3 Å². The third kappa shape index (κ3) is 2.90. The summed E-state index contributed by atoms with van der Waals surface area (Å²) >= 11 is 1.41. The minimum absolute atomic E-state index is 0.0373. The molecule has 0 bridgehead atoms. The SMILES string of the molecule is CC(C)=CC1C(C(=O)OCc2cc(=O)n3c(C)csc3n2)C1(C)C. The molecule has 2 atom stereocenters. The number of ether oxygens (including phenoxy) is 1. The predicted molar refractivity (Wildman–Crippen MR) is 94.1 cm³/mol. The maximum absolute atomic E-state index is 12.4. The Bertz CT molecular complexity index is 887. The zero-order valence-electron chi connectivity index (χ0n) is 14.6. The van der Waals surface area contributed by atoms with Gasteiger partial charge in [-0.3, -0.25) is 14.0 Å². The lowest BCUT2D eigenvalue weighted by atomic mass is 10.1.